The Balaban J connectivity index is 1.53. The average molecular weight is 429 g/mol. The fourth-order valence-electron chi connectivity index (χ4n) is 2.86. The van der Waals surface area contributed by atoms with Crippen LogP contribution < -0.4 is 10.0 Å². The second-order valence-electron chi connectivity index (χ2n) is 6.83. The first-order valence-electron chi connectivity index (χ1n) is 9.41. The predicted octanol–water partition coefficient (Wildman–Crippen LogP) is 3.98. The van der Waals surface area contributed by atoms with Crippen molar-refractivity contribution in [3.05, 3.63) is 88.1 Å². The van der Waals surface area contributed by atoms with Gasteiger partial charge in [-0.1, -0.05) is 36.4 Å². The topological polar surface area (TPSA) is 75.3 Å². The molecule has 0 radical (unpaired) electrons. The SMILES string of the molecule is CC(CCc1ccccc1)NC(=O)c1ccc(S(=O)(=O)NCc2cccs2)cc1. The van der Waals surface area contributed by atoms with E-state index in [1.54, 1.807) is 12.1 Å². The van der Waals surface area contributed by atoms with Crippen LogP contribution in [0.1, 0.15) is 34.1 Å². The van der Waals surface area contributed by atoms with Crippen LogP contribution in [-0.4, -0.2) is 20.4 Å². The lowest BCUT2D eigenvalue weighted by atomic mass is 10.1. The molecule has 0 saturated heterocycles. The molecule has 29 heavy (non-hydrogen) atoms. The molecule has 1 heterocycles. The molecule has 3 rings (SSSR count). The minimum absolute atomic E-state index is 0.0126. The van der Waals surface area contributed by atoms with E-state index in [-0.39, 0.29) is 23.4 Å². The van der Waals surface area contributed by atoms with Gasteiger partial charge in [0.05, 0.1) is 4.90 Å². The molecule has 3 aromatic rings. The van der Waals surface area contributed by atoms with Gasteiger partial charge in [-0.05, 0) is 61.0 Å². The van der Waals surface area contributed by atoms with E-state index >= 15 is 0 Å². The van der Waals surface area contributed by atoms with Crippen molar-refractivity contribution in [2.24, 2.45) is 0 Å². The highest BCUT2D eigenvalue weighted by Crippen LogP contribution is 2.14. The Bertz CT molecular complexity index is 1020. The lowest BCUT2D eigenvalue weighted by Gasteiger charge is -2.14. The lowest BCUT2D eigenvalue weighted by molar-refractivity contribution is 0.0938. The molecule has 0 bridgehead atoms. The van der Waals surface area contributed by atoms with E-state index in [4.69, 9.17) is 0 Å². The second-order valence-corrected chi connectivity index (χ2v) is 9.63. The van der Waals surface area contributed by atoms with Crippen molar-refractivity contribution < 1.29 is 13.2 Å². The molecular weight excluding hydrogens is 404 g/mol. The maximum Gasteiger partial charge on any atom is 0.251 e. The zero-order valence-corrected chi connectivity index (χ0v) is 17.8. The third-order valence-corrected chi connectivity index (χ3v) is 6.82. The molecule has 1 amide bonds. The van der Waals surface area contributed by atoms with Crippen molar-refractivity contribution in [2.75, 3.05) is 0 Å². The second kappa shape index (κ2) is 9.82. The molecule has 2 N–H and O–H groups in total. The summed E-state index contributed by atoms with van der Waals surface area (Å²) in [6, 6.07) is 19.9. The predicted molar refractivity (Wildman–Crippen MR) is 116 cm³/mol. The molecule has 152 valence electrons. The van der Waals surface area contributed by atoms with Gasteiger partial charge in [0, 0.05) is 23.0 Å². The number of amides is 1. The van der Waals surface area contributed by atoms with Crippen LogP contribution in [0.2, 0.25) is 0 Å². The number of hydrogen-bond donors (Lipinski definition) is 2. The van der Waals surface area contributed by atoms with E-state index in [1.165, 1.54) is 29.0 Å². The Kier molecular flexibility index (Phi) is 7.19. The van der Waals surface area contributed by atoms with Gasteiger partial charge in [0.25, 0.3) is 5.91 Å². The van der Waals surface area contributed by atoms with Crippen molar-refractivity contribution >= 4 is 27.3 Å². The Labute approximate surface area is 175 Å². The molecule has 0 aliphatic rings. The average Bonchev–Trinajstić information content (AvgIpc) is 3.25. The summed E-state index contributed by atoms with van der Waals surface area (Å²) < 4.78 is 27.4. The fraction of sp³-hybridized carbons (Fsp3) is 0.227. The van der Waals surface area contributed by atoms with E-state index in [0.29, 0.717) is 5.56 Å². The number of sulfonamides is 1. The van der Waals surface area contributed by atoms with Gasteiger partial charge in [0.1, 0.15) is 0 Å². The molecule has 1 unspecified atom stereocenters. The normalized spacial score (nSPS) is 12.4. The number of benzene rings is 2. The van der Waals surface area contributed by atoms with Gasteiger partial charge in [-0.15, -0.1) is 11.3 Å². The molecule has 5 nitrogen and oxygen atoms in total. The zero-order chi connectivity index (χ0) is 20.7. The molecule has 7 heteroatoms. The molecule has 0 aliphatic carbocycles. The van der Waals surface area contributed by atoms with Crippen LogP contribution in [0.15, 0.2) is 77.0 Å². The highest BCUT2D eigenvalue weighted by molar-refractivity contribution is 7.89. The highest BCUT2D eigenvalue weighted by atomic mass is 32.2. The molecule has 0 spiro atoms. The van der Waals surface area contributed by atoms with Gasteiger partial charge in [0.15, 0.2) is 0 Å². The van der Waals surface area contributed by atoms with Gasteiger partial charge in [-0.3, -0.25) is 4.79 Å². The quantitative estimate of drug-likeness (QED) is 0.541. The summed E-state index contributed by atoms with van der Waals surface area (Å²) in [5.41, 5.74) is 1.67. The summed E-state index contributed by atoms with van der Waals surface area (Å²) in [4.78, 5) is 13.5. The molecule has 0 fully saturated rings. The monoisotopic (exact) mass is 428 g/mol. The van der Waals surface area contributed by atoms with Crippen molar-refractivity contribution in [3.63, 3.8) is 0 Å². The van der Waals surface area contributed by atoms with Crippen molar-refractivity contribution in [2.45, 2.75) is 37.2 Å². The van der Waals surface area contributed by atoms with Gasteiger partial charge < -0.3 is 5.32 Å². The molecule has 0 aliphatic heterocycles. The third-order valence-electron chi connectivity index (χ3n) is 4.53. The number of rotatable bonds is 9. The van der Waals surface area contributed by atoms with Crippen molar-refractivity contribution in [1.82, 2.24) is 10.0 Å². The molecule has 2 aromatic carbocycles. The van der Waals surface area contributed by atoms with Crippen LogP contribution in [0.5, 0.6) is 0 Å². The smallest absolute Gasteiger partial charge is 0.251 e. The molecule has 1 atom stereocenters. The molecule has 0 saturated carbocycles. The summed E-state index contributed by atoms with van der Waals surface area (Å²) >= 11 is 1.49. The largest absolute Gasteiger partial charge is 0.350 e. The van der Waals surface area contributed by atoms with Crippen molar-refractivity contribution in [1.29, 1.82) is 0 Å². The molecular formula is C22H24N2O3S2. The number of nitrogens with one attached hydrogen (secondary N) is 2. The summed E-state index contributed by atoms with van der Waals surface area (Å²) in [7, 11) is -3.62. The summed E-state index contributed by atoms with van der Waals surface area (Å²) in [6.45, 7) is 2.22. The zero-order valence-electron chi connectivity index (χ0n) is 16.2. The van der Waals surface area contributed by atoms with Gasteiger partial charge >= 0.3 is 0 Å². The van der Waals surface area contributed by atoms with Crippen LogP contribution in [0.3, 0.4) is 0 Å². The summed E-state index contributed by atoms with van der Waals surface area (Å²) in [5.74, 6) is -0.207. The van der Waals surface area contributed by atoms with Crippen LogP contribution in [0.4, 0.5) is 0 Å². The van der Waals surface area contributed by atoms with E-state index in [2.05, 4.69) is 22.2 Å². The van der Waals surface area contributed by atoms with Crippen LogP contribution in [-0.2, 0) is 23.0 Å². The number of aryl methyl sites for hydroxylation is 1. The Hall–Kier alpha value is -2.48. The number of thiophene rings is 1. The Morgan fingerprint density at radius 1 is 1.00 bits per heavy atom. The maximum atomic E-state index is 12.4. The van der Waals surface area contributed by atoms with Gasteiger partial charge in [-0.25, -0.2) is 13.1 Å². The Morgan fingerprint density at radius 2 is 1.72 bits per heavy atom. The number of hydrogen-bond acceptors (Lipinski definition) is 4. The van der Waals surface area contributed by atoms with E-state index < -0.39 is 10.0 Å². The van der Waals surface area contributed by atoms with Crippen LogP contribution in [0, 0.1) is 0 Å². The fourth-order valence-corrected chi connectivity index (χ4v) is 4.60. The lowest BCUT2D eigenvalue weighted by Crippen LogP contribution is -2.33. The minimum Gasteiger partial charge on any atom is -0.350 e. The van der Waals surface area contributed by atoms with Gasteiger partial charge in [-0.2, -0.15) is 0 Å². The highest BCUT2D eigenvalue weighted by Gasteiger charge is 2.16. The minimum atomic E-state index is -3.62. The summed E-state index contributed by atoms with van der Waals surface area (Å²) in [6.07, 6.45) is 1.71. The first-order valence-corrected chi connectivity index (χ1v) is 11.8. The summed E-state index contributed by atoms with van der Waals surface area (Å²) in [5, 5.41) is 4.87. The Morgan fingerprint density at radius 3 is 2.38 bits per heavy atom. The third kappa shape index (κ3) is 6.25. The van der Waals surface area contributed by atoms with Crippen LogP contribution >= 0.6 is 11.3 Å². The maximum absolute atomic E-state index is 12.4. The number of carbonyl (C=O) groups excluding carboxylic acids is 1. The van der Waals surface area contributed by atoms with E-state index in [1.807, 2.05) is 42.6 Å². The number of carbonyl (C=O) groups is 1. The standard InChI is InChI=1S/C22H24N2O3S2/c1-17(9-10-18-6-3-2-4-7-18)24-22(25)19-11-13-21(14-12-19)29(26,27)23-16-20-8-5-15-28-20/h2-8,11-15,17,23H,9-10,16H2,1H3,(H,24,25). The van der Waals surface area contributed by atoms with Crippen LogP contribution in [0.25, 0.3) is 0 Å². The van der Waals surface area contributed by atoms with Gasteiger partial charge in [0.2, 0.25) is 10.0 Å². The first-order chi connectivity index (χ1) is 13.9. The van der Waals surface area contributed by atoms with E-state index in [9.17, 15) is 13.2 Å². The van der Waals surface area contributed by atoms with Crippen molar-refractivity contribution in [3.8, 4) is 0 Å². The first kappa shape index (κ1) is 21.2. The molecule has 1 aromatic heterocycles. The van der Waals surface area contributed by atoms with E-state index in [0.717, 1.165) is 17.7 Å².